The summed E-state index contributed by atoms with van der Waals surface area (Å²) in [7, 11) is 0. The van der Waals surface area contributed by atoms with Crippen molar-refractivity contribution in [1.29, 1.82) is 0 Å². The first-order valence-corrected chi connectivity index (χ1v) is 11.0. The lowest BCUT2D eigenvalue weighted by Crippen LogP contribution is -2.61. The number of carbonyl (C=O) groups is 2. The molecule has 4 aliphatic carbocycles. The Morgan fingerprint density at radius 1 is 1.27 bits per heavy atom. The number of aliphatic hydroxyl groups excluding tert-OH is 1. The van der Waals surface area contributed by atoms with Gasteiger partial charge in [-0.15, -0.1) is 0 Å². The van der Waals surface area contributed by atoms with E-state index in [0.717, 1.165) is 25.7 Å². The second kappa shape index (κ2) is 5.99. The molecule has 0 aromatic heterocycles. The van der Waals surface area contributed by atoms with Gasteiger partial charge in [0.1, 0.15) is 5.60 Å². The molecule has 3 fully saturated rings. The average molecular weight is 425 g/mol. The number of halogens is 1. The van der Waals surface area contributed by atoms with Crippen molar-refractivity contribution in [3.63, 3.8) is 0 Å². The summed E-state index contributed by atoms with van der Waals surface area (Å²) in [5.41, 5.74) is -0.826. The first-order valence-electron chi connectivity index (χ1n) is 9.91. The summed E-state index contributed by atoms with van der Waals surface area (Å²) < 4.78 is 0. The molecule has 0 heterocycles. The van der Waals surface area contributed by atoms with Gasteiger partial charge in [0.2, 0.25) is 0 Å². The zero-order valence-electron chi connectivity index (χ0n) is 15.6. The number of carbonyl (C=O) groups excluding carboxylic acids is 2. The molecule has 0 aliphatic heterocycles. The highest BCUT2D eigenvalue weighted by Crippen LogP contribution is 2.67. The fourth-order valence-corrected chi connectivity index (χ4v) is 7.72. The van der Waals surface area contributed by atoms with Crippen molar-refractivity contribution in [3.05, 3.63) is 11.6 Å². The molecule has 0 spiro atoms. The number of aliphatic hydroxyl groups is 2. The maximum Gasteiger partial charge on any atom is 0.175 e. The highest BCUT2D eigenvalue weighted by molar-refractivity contribution is 9.09. The molecule has 3 saturated carbocycles. The highest BCUT2D eigenvalue weighted by Gasteiger charge is 2.68. The van der Waals surface area contributed by atoms with Gasteiger partial charge in [-0.05, 0) is 67.8 Å². The van der Waals surface area contributed by atoms with Crippen molar-refractivity contribution in [2.45, 2.75) is 70.5 Å². The van der Waals surface area contributed by atoms with Crippen LogP contribution in [0.25, 0.3) is 0 Å². The Hall–Kier alpha value is -0.520. The van der Waals surface area contributed by atoms with Crippen molar-refractivity contribution in [3.8, 4) is 0 Å². The second-order valence-electron chi connectivity index (χ2n) is 9.53. The Bertz CT molecular complexity index is 687. The summed E-state index contributed by atoms with van der Waals surface area (Å²) in [6.07, 6.45) is 6.29. The minimum atomic E-state index is -1.34. The van der Waals surface area contributed by atoms with Crippen LogP contribution in [-0.2, 0) is 9.59 Å². The molecule has 26 heavy (non-hydrogen) atoms. The van der Waals surface area contributed by atoms with Crippen molar-refractivity contribution in [2.75, 3.05) is 5.33 Å². The predicted octanol–water partition coefficient (Wildman–Crippen LogP) is 3.18. The largest absolute Gasteiger partial charge is 0.393 e. The zero-order chi connectivity index (χ0) is 18.9. The number of alkyl halides is 1. The first kappa shape index (κ1) is 18.8. The van der Waals surface area contributed by atoms with Gasteiger partial charge in [0.05, 0.1) is 11.4 Å². The minimum absolute atomic E-state index is 0.120. The van der Waals surface area contributed by atoms with Crippen LogP contribution in [0.3, 0.4) is 0 Å². The van der Waals surface area contributed by atoms with E-state index in [-0.39, 0.29) is 34.1 Å². The monoisotopic (exact) mass is 424 g/mol. The Morgan fingerprint density at radius 3 is 2.69 bits per heavy atom. The molecular formula is C21H29BrO4. The van der Waals surface area contributed by atoms with Gasteiger partial charge in [-0.2, -0.15) is 0 Å². The zero-order valence-corrected chi connectivity index (χ0v) is 17.2. The molecule has 0 saturated heterocycles. The van der Waals surface area contributed by atoms with Crippen LogP contribution in [-0.4, -0.2) is 38.8 Å². The fraction of sp³-hybridized carbons (Fsp3) is 0.810. The smallest absolute Gasteiger partial charge is 0.175 e. The van der Waals surface area contributed by atoms with Gasteiger partial charge in [0.25, 0.3) is 0 Å². The van der Waals surface area contributed by atoms with Crippen LogP contribution < -0.4 is 0 Å². The number of hydrogen-bond acceptors (Lipinski definition) is 4. The number of Topliss-reactive ketones (excluding diaryl/α,β-unsaturated/α-hetero) is 1. The molecule has 4 rings (SSSR count). The normalized spacial score (nSPS) is 50.5. The lowest BCUT2D eigenvalue weighted by Gasteiger charge is -2.60. The predicted molar refractivity (Wildman–Crippen MR) is 102 cm³/mol. The van der Waals surface area contributed by atoms with Gasteiger partial charge in [-0.25, -0.2) is 0 Å². The molecule has 4 aliphatic rings. The summed E-state index contributed by atoms with van der Waals surface area (Å²) in [6.45, 7) is 4.24. The van der Waals surface area contributed by atoms with Gasteiger partial charge < -0.3 is 10.2 Å². The number of allylic oxidation sites excluding steroid dienone is 1. The van der Waals surface area contributed by atoms with Gasteiger partial charge in [-0.3, -0.25) is 9.59 Å². The molecule has 0 bridgehead atoms. The first-order chi connectivity index (χ1) is 12.2. The van der Waals surface area contributed by atoms with Crippen LogP contribution in [0.1, 0.15) is 58.8 Å². The van der Waals surface area contributed by atoms with Crippen LogP contribution in [0.15, 0.2) is 11.6 Å². The van der Waals surface area contributed by atoms with Crippen molar-refractivity contribution >= 4 is 27.5 Å². The Labute approximate surface area is 163 Å². The van der Waals surface area contributed by atoms with Gasteiger partial charge in [0.15, 0.2) is 11.6 Å². The molecule has 2 N–H and O–H groups in total. The standard InChI is InChI=1S/C21H29BrO4/c1-19-7-5-13(23)9-12(19)3-4-14-15-6-8-21(26,17(25)11-22)20(15,2)10-16(24)18(14)19/h9,14-16,18,24,26H,3-8,10-11H2,1-2H3/t14-,15-,16?,18+,19-,20-,21-/m0/s1. The Kier molecular flexibility index (Phi) is 4.33. The molecule has 5 heteroatoms. The van der Waals surface area contributed by atoms with E-state index in [4.69, 9.17) is 0 Å². The Morgan fingerprint density at radius 2 is 2.00 bits per heavy atom. The summed E-state index contributed by atoms with van der Waals surface area (Å²) in [5.74, 6) is 0.731. The van der Waals surface area contributed by atoms with E-state index in [1.54, 1.807) is 0 Å². The third-order valence-electron chi connectivity index (χ3n) is 8.63. The SMILES string of the molecule is C[C@]12CCC(=O)C=C1CC[C@@H]1[C@@H]2C(O)C[C@@]2(C)[C@H]1CC[C@]2(O)C(=O)CBr. The molecule has 0 radical (unpaired) electrons. The third kappa shape index (κ3) is 2.26. The van der Waals surface area contributed by atoms with E-state index >= 15 is 0 Å². The summed E-state index contributed by atoms with van der Waals surface area (Å²) in [4.78, 5) is 24.5. The molecule has 0 aromatic rings. The third-order valence-corrected chi connectivity index (χ3v) is 9.14. The quantitative estimate of drug-likeness (QED) is 0.667. The number of ketones is 2. The topological polar surface area (TPSA) is 74.6 Å². The molecule has 0 amide bonds. The van der Waals surface area contributed by atoms with E-state index in [1.165, 1.54) is 5.57 Å². The summed E-state index contributed by atoms with van der Waals surface area (Å²) in [6, 6.07) is 0. The van der Waals surface area contributed by atoms with Crippen molar-refractivity contribution in [2.24, 2.45) is 28.6 Å². The molecular weight excluding hydrogens is 396 g/mol. The molecule has 7 atom stereocenters. The summed E-state index contributed by atoms with van der Waals surface area (Å²) in [5, 5.41) is 22.7. The second-order valence-corrected chi connectivity index (χ2v) is 10.1. The van der Waals surface area contributed by atoms with E-state index in [9.17, 15) is 19.8 Å². The highest BCUT2D eigenvalue weighted by atomic mass is 79.9. The average Bonchev–Trinajstić information content (AvgIpc) is 2.86. The van der Waals surface area contributed by atoms with Crippen molar-refractivity contribution < 1.29 is 19.8 Å². The Balaban J connectivity index is 1.74. The fourth-order valence-electron chi connectivity index (χ4n) is 7.26. The van der Waals surface area contributed by atoms with Crippen molar-refractivity contribution in [1.82, 2.24) is 0 Å². The minimum Gasteiger partial charge on any atom is -0.393 e. The lowest BCUT2D eigenvalue weighted by atomic mass is 9.45. The lowest BCUT2D eigenvalue weighted by molar-refractivity contribution is -0.178. The van der Waals surface area contributed by atoms with E-state index in [2.05, 4.69) is 22.9 Å². The van der Waals surface area contributed by atoms with E-state index < -0.39 is 17.1 Å². The number of rotatable bonds is 2. The van der Waals surface area contributed by atoms with Gasteiger partial charge in [0, 0.05) is 11.8 Å². The van der Waals surface area contributed by atoms with Gasteiger partial charge >= 0.3 is 0 Å². The number of fused-ring (bicyclic) bond motifs is 5. The number of hydrogen-bond donors (Lipinski definition) is 2. The van der Waals surface area contributed by atoms with Crippen LogP contribution in [0.5, 0.6) is 0 Å². The molecule has 0 aromatic carbocycles. The van der Waals surface area contributed by atoms with Crippen LogP contribution in [0, 0.1) is 28.6 Å². The summed E-state index contributed by atoms with van der Waals surface area (Å²) >= 11 is 3.23. The molecule has 144 valence electrons. The van der Waals surface area contributed by atoms with Crippen LogP contribution >= 0.6 is 15.9 Å². The molecule has 1 unspecified atom stereocenters. The molecule has 4 nitrogen and oxygen atoms in total. The van der Waals surface area contributed by atoms with E-state index in [1.807, 2.05) is 13.0 Å². The van der Waals surface area contributed by atoms with Crippen LogP contribution in [0.4, 0.5) is 0 Å². The maximum absolute atomic E-state index is 12.6. The van der Waals surface area contributed by atoms with Crippen LogP contribution in [0.2, 0.25) is 0 Å². The van der Waals surface area contributed by atoms with E-state index in [0.29, 0.717) is 25.2 Å². The van der Waals surface area contributed by atoms with Gasteiger partial charge in [-0.1, -0.05) is 35.4 Å². The maximum atomic E-state index is 12.6.